The fraction of sp³-hybridized carbons (Fsp3) is 0.526. The average molecular weight is 270 g/mol. The molecule has 0 spiro atoms. The van der Waals surface area contributed by atoms with Crippen LogP contribution in [0.5, 0.6) is 0 Å². The highest BCUT2D eigenvalue weighted by atomic mass is 14.9. The van der Waals surface area contributed by atoms with Crippen molar-refractivity contribution in [1.82, 2.24) is 0 Å². The lowest BCUT2D eigenvalue weighted by Gasteiger charge is -2.02. The maximum absolute atomic E-state index is 2.40. The van der Waals surface area contributed by atoms with Crippen LogP contribution < -0.4 is 4.57 Å². The van der Waals surface area contributed by atoms with E-state index in [4.69, 9.17) is 0 Å². The zero-order valence-corrected chi connectivity index (χ0v) is 12.9. The molecule has 0 aliphatic heterocycles. The van der Waals surface area contributed by atoms with E-state index in [0.717, 1.165) is 6.54 Å². The summed E-state index contributed by atoms with van der Waals surface area (Å²) in [6.07, 6.45) is 13.3. The first kappa shape index (κ1) is 15.0. The second-order valence-corrected chi connectivity index (χ2v) is 5.74. The summed E-state index contributed by atoms with van der Waals surface area (Å²) in [5.41, 5.74) is 1.36. The number of pyridine rings is 1. The Balaban J connectivity index is 1.71. The van der Waals surface area contributed by atoms with Crippen LogP contribution in [0.4, 0.5) is 0 Å². The van der Waals surface area contributed by atoms with Gasteiger partial charge in [0, 0.05) is 23.9 Å². The van der Waals surface area contributed by atoms with E-state index in [2.05, 4.69) is 54.1 Å². The van der Waals surface area contributed by atoms with Gasteiger partial charge in [0.1, 0.15) is 6.54 Å². The summed E-state index contributed by atoms with van der Waals surface area (Å²) in [4.78, 5) is 0. The highest BCUT2D eigenvalue weighted by Gasteiger charge is 2.06. The molecule has 1 heteroatoms. The largest absolute Gasteiger partial charge is 0.212 e. The Morgan fingerprint density at radius 1 is 0.750 bits per heavy atom. The quantitative estimate of drug-likeness (QED) is 0.432. The SMILES string of the molecule is CCCCCCCCCC[n+]1cccc2ccccc21. The van der Waals surface area contributed by atoms with Crippen LogP contribution >= 0.6 is 0 Å². The molecule has 0 fully saturated rings. The molecule has 0 atom stereocenters. The highest BCUT2D eigenvalue weighted by molar-refractivity contribution is 5.74. The maximum atomic E-state index is 2.40. The first-order valence-electron chi connectivity index (χ1n) is 8.29. The Morgan fingerprint density at radius 2 is 1.40 bits per heavy atom. The molecule has 0 bridgehead atoms. The molecule has 0 unspecified atom stereocenters. The van der Waals surface area contributed by atoms with Gasteiger partial charge in [-0.25, -0.2) is 0 Å². The number of hydrogen-bond acceptors (Lipinski definition) is 0. The number of para-hydroxylation sites is 1. The van der Waals surface area contributed by atoms with Gasteiger partial charge in [0.15, 0.2) is 6.20 Å². The van der Waals surface area contributed by atoms with Gasteiger partial charge >= 0.3 is 0 Å². The third kappa shape index (κ3) is 4.63. The molecule has 2 rings (SSSR count). The molecule has 0 aliphatic rings. The van der Waals surface area contributed by atoms with E-state index in [1.54, 1.807) is 0 Å². The summed E-state index contributed by atoms with van der Waals surface area (Å²) < 4.78 is 2.40. The van der Waals surface area contributed by atoms with E-state index in [-0.39, 0.29) is 0 Å². The Kier molecular flexibility index (Phi) is 6.56. The number of unbranched alkanes of at least 4 members (excludes halogenated alkanes) is 7. The van der Waals surface area contributed by atoms with Crippen molar-refractivity contribution < 1.29 is 4.57 Å². The number of benzene rings is 1. The maximum Gasteiger partial charge on any atom is 0.212 e. The second kappa shape index (κ2) is 8.73. The fourth-order valence-corrected chi connectivity index (χ4v) is 2.83. The lowest BCUT2D eigenvalue weighted by molar-refractivity contribution is -0.671. The van der Waals surface area contributed by atoms with Crippen molar-refractivity contribution >= 4 is 10.9 Å². The smallest absolute Gasteiger partial charge is 0.198 e. The third-order valence-electron chi connectivity index (χ3n) is 4.04. The summed E-state index contributed by atoms with van der Waals surface area (Å²) in [7, 11) is 0. The van der Waals surface area contributed by atoms with E-state index < -0.39 is 0 Å². The van der Waals surface area contributed by atoms with Crippen molar-refractivity contribution in [1.29, 1.82) is 0 Å². The second-order valence-electron chi connectivity index (χ2n) is 5.74. The van der Waals surface area contributed by atoms with Gasteiger partial charge in [-0.15, -0.1) is 0 Å². The first-order valence-corrected chi connectivity index (χ1v) is 8.29. The standard InChI is InChI=1S/C19H28N/c1-2-3-4-5-6-7-8-11-16-20-17-12-14-18-13-9-10-15-19(18)20/h9-10,12-15,17H,2-8,11,16H2,1H3/q+1. The summed E-state index contributed by atoms with van der Waals surface area (Å²) in [6, 6.07) is 13.0. The van der Waals surface area contributed by atoms with Gasteiger partial charge in [-0.3, -0.25) is 0 Å². The van der Waals surface area contributed by atoms with Crippen LogP contribution in [-0.2, 0) is 6.54 Å². The predicted molar refractivity (Wildman–Crippen MR) is 86.8 cm³/mol. The van der Waals surface area contributed by atoms with Crippen LogP contribution in [0.1, 0.15) is 58.3 Å². The van der Waals surface area contributed by atoms with Gasteiger partial charge in [0.05, 0.1) is 0 Å². The molecule has 20 heavy (non-hydrogen) atoms. The van der Waals surface area contributed by atoms with E-state index in [1.165, 1.54) is 62.3 Å². The van der Waals surface area contributed by atoms with Crippen molar-refractivity contribution in [3.05, 3.63) is 42.6 Å². The van der Waals surface area contributed by atoms with Crippen LogP contribution in [0.3, 0.4) is 0 Å². The molecule has 0 saturated carbocycles. The highest BCUT2D eigenvalue weighted by Crippen LogP contribution is 2.10. The summed E-state index contributed by atoms with van der Waals surface area (Å²) in [5, 5.41) is 1.34. The Morgan fingerprint density at radius 3 is 2.20 bits per heavy atom. The Bertz CT molecular complexity index is 499. The van der Waals surface area contributed by atoms with Crippen LogP contribution in [-0.4, -0.2) is 0 Å². The lowest BCUT2D eigenvalue weighted by atomic mass is 10.1. The topological polar surface area (TPSA) is 3.88 Å². The van der Waals surface area contributed by atoms with E-state index in [1.807, 2.05) is 0 Å². The number of fused-ring (bicyclic) bond motifs is 1. The predicted octanol–water partition coefficient (Wildman–Crippen LogP) is 5.27. The summed E-state index contributed by atoms with van der Waals surface area (Å²) >= 11 is 0. The van der Waals surface area contributed by atoms with Crippen LogP contribution in [0, 0.1) is 0 Å². The molecule has 0 aliphatic carbocycles. The minimum absolute atomic E-state index is 1.15. The van der Waals surface area contributed by atoms with Crippen LogP contribution in [0.2, 0.25) is 0 Å². The molecule has 1 aromatic carbocycles. The molecule has 1 nitrogen and oxygen atoms in total. The molecule has 0 radical (unpaired) electrons. The zero-order valence-electron chi connectivity index (χ0n) is 12.9. The van der Waals surface area contributed by atoms with Crippen molar-refractivity contribution in [2.75, 3.05) is 0 Å². The third-order valence-corrected chi connectivity index (χ3v) is 4.04. The number of nitrogens with zero attached hydrogens (tertiary/aromatic N) is 1. The van der Waals surface area contributed by atoms with E-state index in [9.17, 15) is 0 Å². The summed E-state index contributed by atoms with van der Waals surface area (Å²) in [5.74, 6) is 0. The molecule has 1 aromatic heterocycles. The molecule has 0 N–H and O–H groups in total. The van der Waals surface area contributed by atoms with E-state index >= 15 is 0 Å². The fourth-order valence-electron chi connectivity index (χ4n) is 2.83. The molecule has 0 amide bonds. The van der Waals surface area contributed by atoms with Crippen LogP contribution in [0.15, 0.2) is 42.6 Å². The normalized spacial score (nSPS) is 11.1. The molecule has 1 heterocycles. The van der Waals surface area contributed by atoms with Gasteiger partial charge in [-0.05, 0) is 18.6 Å². The molecule has 0 saturated heterocycles. The van der Waals surface area contributed by atoms with Crippen molar-refractivity contribution in [2.45, 2.75) is 64.8 Å². The Hall–Kier alpha value is -1.37. The van der Waals surface area contributed by atoms with Crippen molar-refractivity contribution in [2.24, 2.45) is 0 Å². The van der Waals surface area contributed by atoms with Crippen LogP contribution in [0.25, 0.3) is 10.9 Å². The van der Waals surface area contributed by atoms with Crippen molar-refractivity contribution in [3.8, 4) is 0 Å². The van der Waals surface area contributed by atoms with E-state index in [0.29, 0.717) is 0 Å². The van der Waals surface area contributed by atoms with Gasteiger partial charge < -0.3 is 0 Å². The van der Waals surface area contributed by atoms with Gasteiger partial charge in [0.2, 0.25) is 5.52 Å². The minimum atomic E-state index is 1.15. The lowest BCUT2D eigenvalue weighted by Crippen LogP contribution is -2.33. The molecular weight excluding hydrogens is 242 g/mol. The Labute approximate surface area is 123 Å². The summed E-state index contributed by atoms with van der Waals surface area (Å²) in [6.45, 7) is 3.43. The first-order chi connectivity index (χ1) is 9.92. The molecule has 108 valence electrons. The zero-order chi connectivity index (χ0) is 14.0. The molecular formula is C19H28N+. The molecule has 2 aromatic rings. The monoisotopic (exact) mass is 270 g/mol. The van der Waals surface area contributed by atoms with Gasteiger partial charge in [-0.1, -0.05) is 57.6 Å². The van der Waals surface area contributed by atoms with Gasteiger partial charge in [0.25, 0.3) is 0 Å². The van der Waals surface area contributed by atoms with Crippen molar-refractivity contribution in [3.63, 3.8) is 0 Å². The average Bonchev–Trinajstić information content (AvgIpc) is 2.50. The number of rotatable bonds is 9. The minimum Gasteiger partial charge on any atom is -0.198 e. The number of aryl methyl sites for hydroxylation is 1. The van der Waals surface area contributed by atoms with Gasteiger partial charge in [-0.2, -0.15) is 4.57 Å². The number of aromatic nitrogens is 1. The number of hydrogen-bond donors (Lipinski definition) is 0.